The minimum atomic E-state index is -0.431. The molecule has 2 unspecified atom stereocenters. The Morgan fingerprint density at radius 1 is 1.00 bits per heavy atom. The second kappa shape index (κ2) is 14.6. The van der Waals surface area contributed by atoms with Gasteiger partial charge in [-0.15, -0.1) is 10.2 Å². The average Bonchev–Trinajstić information content (AvgIpc) is 3.44. The summed E-state index contributed by atoms with van der Waals surface area (Å²) in [5.41, 5.74) is 3.76. The van der Waals surface area contributed by atoms with Gasteiger partial charge in [0.25, 0.3) is 0 Å². The van der Waals surface area contributed by atoms with E-state index in [1.807, 2.05) is 55.5 Å². The van der Waals surface area contributed by atoms with Crippen LogP contribution in [0.4, 0.5) is 0 Å². The topological polar surface area (TPSA) is 113 Å². The second-order valence-corrected chi connectivity index (χ2v) is 10.0. The van der Waals surface area contributed by atoms with Crippen LogP contribution < -0.4 is 10.6 Å². The molecule has 1 amide bonds. The Bertz CT molecular complexity index is 1120. The summed E-state index contributed by atoms with van der Waals surface area (Å²) in [5.74, 6) is 1.69. The largest absolute Gasteiger partial charge is 0.355 e. The molecular weight excluding hydrogens is 484 g/mol. The molecule has 0 fully saturated rings. The molecule has 2 aromatic carbocycles. The molecule has 0 radical (unpaired) electrons. The Balaban J connectivity index is 1.66. The van der Waals surface area contributed by atoms with Crippen LogP contribution in [-0.4, -0.2) is 51.2 Å². The first-order valence-corrected chi connectivity index (χ1v) is 13.7. The highest BCUT2D eigenvalue weighted by Crippen LogP contribution is 2.30. The molecule has 3 N–H and O–H groups in total. The monoisotopic (exact) mass is 522 g/mol. The number of aromatic amines is 1. The lowest BCUT2D eigenvalue weighted by Gasteiger charge is -2.20. The fourth-order valence-electron chi connectivity index (χ4n) is 4.26. The number of aromatic nitrogens is 4. The van der Waals surface area contributed by atoms with Gasteiger partial charge < -0.3 is 10.6 Å². The van der Waals surface area contributed by atoms with E-state index in [1.165, 1.54) is 0 Å². The number of rotatable bonds is 15. The van der Waals surface area contributed by atoms with E-state index in [0.29, 0.717) is 37.0 Å². The predicted octanol–water partition coefficient (Wildman–Crippen LogP) is 4.63. The molecule has 9 heteroatoms. The molecule has 0 bridgehead atoms. The Morgan fingerprint density at radius 3 is 2.35 bits per heavy atom. The van der Waals surface area contributed by atoms with E-state index in [4.69, 9.17) is 0 Å². The first-order valence-electron chi connectivity index (χ1n) is 13.0. The third kappa shape index (κ3) is 8.23. The van der Waals surface area contributed by atoms with Gasteiger partial charge >= 0.3 is 0 Å². The number of carbonyl (C=O) groups excluding carboxylic acids is 2. The minimum Gasteiger partial charge on any atom is -0.355 e. The summed E-state index contributed by atoms with van der Waals surface area (Å²) in [5, 5.41) is 20.8. The zero-order valence-corrected chi connectivity index (χ0v) is 22.8. The number of carbonyl (C=O) groups is 2. The molecule has 0 saturated heterocycles. The van der Waals surface area contributed by atoms with E-state index in [2.05, 4.69) is 57.7 Å². The van der Waals surface area contributed by atoms with E-state index < -0.39 is 6.04 Å². The molecule has 3 aromatic rings. The second-order valence-electron chi connectivity index (χ2n) is 9.65. The number of thiol groups is 1. The van der Waals surface area contributed by atoms with Crippen molar-refractivity contribution in [3.05, 3.63) is 54.1 Å². The quantitative estimate of drug-likeness (QED) is 0.171. The molecule has 1 heterocycles. The van der Waals surface area contributed by atoms with Gasteiger partial charge in [-0.3, -0.25) is 9.59 Å². The zero-order valence-electron chi connectivity index (χ0n) is 21.9. The lowest BCUT2D eigenvalue weighted by Crippen LogP contribution is -2.39. The summed E-state index contributed by atoms with van der Waals surface area (Å²) >= 11 is 4.36. The number of benzene rings is 2. The molecule has 8 nitrogen and oxygen atoms in total. The van der Waals surface area contributed by atoms with Crippen molar-refractivity contribution >= 4 is 24.3 Å². The first-order chi connectivity index (χ1) is 17.9. The molecule has 37 heavy (non-hydrogen) atoms. The fraction of sp³-hybridized carbons (Fsp3) is 0.464. The number of amides is 1. The Kier molecular flexibility index (Phi) is 11.3. The van der Waals surface area contributed by atoms with Crippen LogP contribution in [0.5, 0.6) is 0 Å². The Hall–Kier alpha value is -3.04. The lowest BCUT2D eigenvalue weighted by atomic mass is 9.95. The molecule has 198 valence electrons. The predicted molar refractivity (Wildman–Crippen MR) is 150 cm³/mol. The van der Waals surface area contributed by atoms with Crippen molar-refractivity contribution in [2.45, 2.75) is 52.5 Å². The van der Waals surface area contributed by atoms with E-state index in [-0.39, 0.29) is 17.6 Å². The molecule has 2 atom stereocenters. The van der Waals surface area contributed by atoms with Gasteiger partial charge in [-0.25, -0.2) is 0 Å². The minimum absolute atomic E-state index is 0.0264. The highest BCUT2D eigenvalue weighted by atomic mass is 32.1. The van der Waals surface area contributed by atoms with Crippen molar-refractivity contribution in [3.8, 4) is 22.5 Å². The van der Waals surface area contributed by atoms with Crippen molar-refractivity contribution in [3.63, 3.8) is 0 Å². The number of hydrogen-bond acceptors (Lipinski definition) is 7. The van der Waals surface area contributed by atoms with Crippen molar-refractivity contribution in [1.82, 2.24) is 31.3 Å². The molecule has 0 aliphatic carbocycles. The maximum absolute atomic E-state index is 13.0. The standard InChI is InChI=1S/C28H38N6O2S/c1-4-7-25(35)26(29-16-17-30-28(36)22(18-37)11-10-19(2)3)21-14-12-20(13-15-21)23-8-5-6-9-24(23)27-31-33-34-32-27/h5-6,8-9,12-15,19,22,26,29,37H,4,7,10-11,16-18H2,1-3H3,(H,30,36)(H,31,32,33,34). The number of tetrazole rings is 1. The maximum Gasteiger partial charge on any atom is 0.223 e. The van der Waals surface area contributed by atoms with Crippen LogP contribution in [0.3, 0.4) is 0 Å². The van der Waals surface area contributed by atoms with Gasteiger partial charge in [0, 0.05) is 36.7 Å². The van der Waals surface area contributed by atoms with Crippen LogP contribution in [0.2, 0.25) is 0 Å². The third-order valence-corrected chi connectivity index (χ3v) is 6.78. The molecule has 1 aromatic heterocycles. The molecule has 0 saturated carbocycles. The smallest absolute Gasteiger partial charge is 0.223 e. The maximum atomic E-state index is 13.0. The molecular formula is C28H38N6O2S. The van der Waals surface area contributed by atoms with Gasteiger partial charge in [0.15, 0.2) is 5.78 Å². The highest BCUT2D eigenvalue weighted by Gasteiger charge is 2.21. The summed E-state index contributed by atoms with van der Waals surface area (Å²) in [6, 6.07) is 15.4. The lowest BCUT2D eigenvalue weighted by molar-refractivity contribution is -0.124. The van der Waals surface area contributed by atoms with E-state index in [0.717, 1.165) is 41.5 Å². The summed E-state index contributed by atoms with van der Waals surface area (Å²) in [6.45, 7) is 7.27. The van der Waals surface area contributed by atoms with Crippen LogP contribution in [0.25, 0.3) is 22.5 Å². The van der Waals surface area contributed by atoms with Crippen LogP contribution in [0.1, 0.15) is 58.1 Å². The first kappa shape index (κ1) is 28.5. The summed E-state index contributed by atoms with van der Waals surface area (Å²) in [6.07, 6.45) is 3.10. The van der Waals surface area contributed by atoms with Gasteiger partial charge in [-0.05, 0) is 40.7 Å². The van der Waals surface area contributed by atoms with Crippen molar-refractivity contribution in [2.75, 3.05) is 18.8 Å². The SMILES string of the molecule is CCCC(=O)C(NCCNC(=O)C(CS)CCC(C)C)c1ccc(-c2ccccc2-c2nn[nH]n2)cc1. The molecule has 0 aliphatic rings. The van der Waals surface area contributed by atoms with E-state index >= 15 is 0 Å². The number of nitrogens with zero attached hydrogens (tertiary/aromatic N) is 3. The third-order valence-electron chi connectivity index (χ3n) is 6.34. The van der Waals surface area contributed by atoms with Crippen LogP contribution in [0.15, 0.2) is 48.5 Å². The number of hydrogen-bond donors (Lipinski definition) is 4. The van der Waals surface area contributed by atoms with Gasteiger partial charge in [0.1, 0.15) is 0 Å². The van der Waals surface area contributed by atoms with Crippen molar-refractivity contribution < 1.29 is 9.59 Å². The van der Waals surface area contributed by atoms with E-state index in [9.17, 15) is 9.59 Å². The normalized spacial score (nSPS) is 12.9. The highest BCUT2D eigenvalue weighted by molar-refractivity contribution is 7.80. The van der Waals surface area contributed by atoms with Crippen LogP contribution in [0, 0.1) is 11.8 Å². The number of Topliss-reactive ketones (excluding diaryl/α,β-unsaturated/α-hetero) is 1. The number of nitrogens with one attached hydrogen (secondary N) is 3. The Labute approximate surface area is 224 Å². The van der Waals surface area contributed by atoms with E-state index in [1.54, 1.807) is 0 Å². The van der Waals surface area contributed by atoms with Gasteiger partial charge in [0.2, 0.25) is 11.7 Å². The fourth-order valence-corrected chi connectivity index (χ4v) is 4.60. The number of ketones is 1. The summed E-state index contributed by atoms with van der Waals surface area (Å²) < 4.78 is 0. The summed E-state index contributed by atoms with van der Waals surface area (Å²) in [7, 11) is 0. The summed E-state index contributed by atoms with van der Waals surface area (Å²) in [4.78, 5) is 25.5. The zero-order chi connectivity index (χ0) is 26.6. The average molecular weight is 523 g/mol. The number of H-pyrrole nitrogens is 1. The van der Waals surface area contributed by atoms with Crippen LogP contribution in [-0.2, 0) is 9.59 Å². The Morgan fingerprint density at radius 2 is 1.73 bits per heavy atom. The molecule has 0 spiro atoms. The van der Waals surface area contributed by atoms with Gasteiger partial charge in [0.05, 0.1) is 6.04 Å². The van der Waals surface area contributed by atoms with Crippen molar-refractivity contribution in [2.24, 2.45) is 11.8 Å². The van der Waals surface area contributed by atoms with Gasteiger partial charge in [-0.1, -0.05) is 75.7 Å². The molecule has 3 rings (SSSR count). The van der Waals surface area contributed by atoms with Crippen molar-refractivity contribution in [1.29, 1.82) is 0 Å². The molecule has 0 aliphatic heterocycles. The van der Waals surface area contributed by atoms with Gasteiger partial charge in [-0.2, -0.15) is 17.8 Å². The van der Waals surface area contributed by atoms with Crippen LogP contribution >= 0.6 is 12.6 Å².